The summed E-state index contributed by atoms with van der Waals surface area (Å²) in [6.07, 6.45) is 6.35. The van der Waals surface area contributed by atoms with E-state index in [1.54, 1.807) is 12.4 Å². The molecule has 6 heteroatoms. The van der Waals surface area contributed by atoms with E-state index in [1.165, 1.54) is 18.5 Å². The van der Waals surface area contributed by atoms with Crippen LogP contribution in [-0.4, -0.2) is 20.2 Å². The van der Waals surface area contributed by atoms with Gasteiger partial charge in [-0.3, -0.25) is 15.1 Å². The lowest BCUT2D eigenvalue weighted by molar-refractivity contribution is 0.630. The molecular formula is C19H14FN5. The topological polar surface area (TPSA) is 66.5 Å². The second-order valence-corrected chi connectivity index (χ2v) is 5.53. The van der Waals surface area contributed by atoms with E-state index < -0.39 is 5.82 Å². The zero-order valence-corrected chi connectivity index (χ0v) is 13.2. The van der Waals surface area contributed by atoms with Gasteiger partial charge >= 0.3 is 0 Å². The Labute approximate surface area is 143 Å². The van der Waals surface area contributed by atoms with Gasteiger partial charge in [-0.15, -0.1) is 0 Å². The lowest BCUT2D eigenvalue weighted by Gasteiger charge is -2.08. The van der Waals surface area contributed by atoms with Crippen molar-refractivity contribution in [3.8, 4) is 11.1 Å². The first-order chi connectivity index (χ1) is 12.2. The Morgan fingerprint density at radius 2 is 1.92 bits per heavy atom. The SMILES string of the molecule is C=C(Nc1cnccc1F)c1n[nH]c2ccc(-c3cccnc3)cc12. The highest BCUT2D eigenvalue weighted by molar-refractivity contribution is 5.94. The largest absolute Gasteiger partial charge is 0.351 e. The first-order valence-corrected chi connectivity index (χ1v) is 7.67. The third-order valence-electron chi connectivity index (χ3n) is 3.90. The summed E-state index contributed by atoms with van der Waals surface area (Å²) in [6.45, 7) is 3.99. The molecule has 0 aliphatic heterocycles. The number of aromatic amines is 1. The fourth-order valence-corrected chi connectivity index (χ4v) is 2.65. The van der Waals surface area contributed by atoms with Crippen LogP contribution in [0.25, 0.3) is 27.7 Å². The molecule has 4 rings (SSSR count). The van der Waals surface area contributed by atoms with Crippen LogP contribution >= 0.6 is 0 Å². The lowest BCUT2D eigenvalue weighted by atomic mass is 10.0. The van der Waals surface area contributed by atoms with Crippen molar-refractivity contribution in [1.82, 2.24) is 20.2 Å². The molecule has 0 radical (unpaired) electrons. The number of nitrogens with zero attached hydrogens (tertiary/aromatic N) is 3. The van der Waals surface area contributed by atoms with Crippen LogP contribution < -0.4 is 5.32 Å². The maximum absolute atomic E-state index is 13.8. The Morgan fingerprint density at radius 3 is 2.72 bits per heavy atom. The predicted octanol–water partition coefficient (Wildman–Crippen LogP) is 4.24. The smallest absolute Gasteiger partial charge is 0.149 e. The van der Waals surface area contributed by atoms with Gasteiger partial charge in [-0.05, 0) is 29.8 Å². The van der Waals surface area contributed by atoms with E-state index in [2.05, 4.69) is 32.1 Å². The standard InChI is InChI=1S/C19H14FN5/c1-12(23-18-11-22-8-6-16(18)20)19-15-9-13(4-5-17(15)24-25-19)14-3-2-7-21-10-14/h2-11,23H,1H2,(H,24,25). The van der Waals surface area contributed by atoms with Crippen molar-refractivity contribution in [2.24, 2.45) is 0 Å². The van der Waals surface area contributed by atoms with Crippen LogP contribution in [0.1, 0.15) is 5.69 Å². The summed E-state index contributed by atoms with van der Waals surface area (Å²) in [6, 6.07) is 11.1. The van der Waals surface area contributed by atoms with Crippen molar-refractivity contribution in [2.45, 2.75) is 0 Å². The van der Waals surface area contributed by atoms with Gasteiger partial charge < -0.3 is 5.32 Å². The van der Waals surface area contributed by atoms with Crippen LogP contribution in [0.2, 0.25) is 0 Å². The van der Waals surface area contributed by atoms with Gasteiger partial charge in [-0.2, -0.15) is 5.10 Å². The van der Waals surface area contributed by atoms with Crippen LogP contribution in [-0.2, 0) is 0 Å². The van der Waals surface area contributed by atoms with Crippen molar-refractivity contribution in [1.29, 1.82) is 0 Å². The van der Waals surface area contributed by atoms with Gasteiger partial charge in [0.2, 0.25) is 0 Å². The van der Waals surface area contributed by atoms with E-state index in [1.807, 2.05) is 30.3 Å². The average Bonchev–Trinajstić information content (AvgIpc) is 3.07. The van der Waals surface area contributed by atoms with Gasteiger partial charge in [-0.1, -0.05) is 18.7 Å². The highest BCUT2D eigenvalue weighted by Gasteiger charge is 2.12. The fourth-order valence-electron chi connectivity index (χ4n) is 2.65. The van der Waals surface area contributed by atoms with Gasteiger partial charge in [0, 0.05) is 29.5 Å². The molecule has 122 valence electrons. The lowest BCUT2D eigenvalue weighted by Crippen LogP contribution is -2.01. The average molecular weight is 331 g/mol. The summed E-state index contributed by atoms with van der Waals surface area (Å²) < 4.78 is 13.8. The summed E-state index contributed by atoms with van der Waals surface area (Å²) in [4.78, 5) is 8.07. The molecule has 5 nitrogen and oxygen atoms in total. The molecule has 0 aliphatic carbocycles. The number of pyridine rings is 2. The molecule has 25 heavy (non-hydrogen) atoms. The molecule has 0 fully saturated rings. The molecular weight excluding hydrogens is 317 g/mol. The van der Waals surface area contributed by atoms with E-state index in [0.717, 1.165) is 22.0 Å². The minimum absolute atomic E-state index is 0.257. The summed E-state index contributed by atoms with van der Waals surface area (Å²) in [5.74, 6) is -0.396. The minimum atomic E-state index is -0.396. The van der Waals surface area contributed by atoms with Gasteiger partial charge in [0.25, 0.3) is 0 Å². The van der Waals surface area contributed by atoms with Crippen molar-refractivity contribution in [3.05, 3.63) is 79.3 Å². The van der Waals surface area contributed by atoms with Crippen molar-refractivity contribution >= 4 is 22.3 Å². The minimum Gasteiger partial charge on any atom is -0.351 e. The molecule has 0 atom stereocenters. The second kappa shape index (κ2) is 6.16. The molecule has 0 saturated carbocycles. The number of nitrogens with one attached hydrogen (secondary N) is 2. The second-order valence-electron chi connectivity index (χ2n) is 5.53. The number of hydrogen-bond donors (Lipinski definition) is 2. The number of benzene rings is 1. The number of rotatable bonds is 4. The van der Waals surface area contributed by atoms with Crippen molar-refractivity contribution in [3.63, 3.8) is 0 Å². The highest BCUT2D eigenvalue weighted by Crippen LogP contribution is 2.28. The van der Waals surface area contributed by atoms with E-state index in [4.69, 9.17) is 0 Å². The first kappa shape index (κ1) is 15.0. The van der Waals surface area contributed by atoms with Gasteiger partial charge in [-0.25, -0.2) is 4.39 Å². The van der Waals surface area contributed by atoms with E-state index >= 15 is 0 Å². The summed E-state index contributed by atoms with van der Waals surface area (Å²) in [7, 11) is 0. The molecule has 2 N–H and O–H groups in total. The Kier molecular flexibility index (Phi) is 3.70. The van der Waals surface area contributed by atoms with Gasteiger partial charge in [0.1, 0.15) is 11.5 Å². The third-order valence-corrected chi connectivity index (χ3v) is 3.90. The fraction of sp³-hybridized carbons (Fsp3) is 0. The third kappa shape index (κ3) is 2.85. The highest BCUT2D eigenvalue weighted by atomic mass is 19.1. The number of anilines is 1. The Morgan fingerprint density at radius 1 is 1.04 bits per heavy atom. The quantitative estimate of drug-likeness (QED) is 0.587. The Bertz CT molecular complexity index is 1060. The maximum Gasteiger partial charge on any atom is 0.149 e. The number of H-pyrrole nitrogens is 1. The van der Waals surface area contributed by atoms with Gasteiger partial charge in [0.05, 0.1) is 23.1 Å². The molecule has 3 aromatic heterocycles. The molecule has 0 unspecified atom stereocenters. The normalized spacial score (nSPS) is 10.8. The molecule has 0 amide bonds. The maximum atomic E-state index is 13.8. The van der Waals surface area contributed by atoms with Gasteiger partial charge in [0.15, 0.2) is 0 Å². The molecule has 0 spiro atoms. The van der Waals surface area contributed by atoms with Crippen LogP contribution in [0, 0.1) is 5.82 Å². The summed E-state index contributed by atoms with van der Waals surface area (Å²) in [5, 5.41) is 11.1. The van der Waals surface area contributed by atoms with Crippen molar-refractivity contribution in [2.75, 3.05) is 5.32 Å². The zero-order valence-electron chi connectivity index (χ0n) is 13.2. The zero-order chi connectivity index (χ0) is 17.2. The monoisotopic (exact) mass is 331 g/mol. The van der Waals surface area contributed by atoms with E-state index in [9.17, 15) is 4.39 Å². The van der Waals surface area contributed by atoms with Crippen LogP contribution in [0.5, 0.6) is 0 Å². The first-order valence-electron chi connectivity index (χ1n) is 7.67. The molecule has 3 heterocycles. The molecule has 4 aromatic rings. The van der Waals surface area contributed by atoms with Crippen LogP contribution in [0.4, 0.5) is 10.1 Å². The summed E-state index contributed by atoms with van der Waals surface area (Å²) >= 11 is 0. The van der Waals surface area contributed by atoms with Crippen molar-refractivity contribution < 1.29 is 4.39 Å². The number of hydrogen-bond acceptors (Lipinski definition) is 4. The van der Waals surface area contributed by atoms with Crippen LogP contribution in [0.3, 0.4) is 0 Å². The van der Waals surface area contributed by atoms with E-state index in [-0.39, 0.29) is 5.69 Å². The Hall–Kier alpha value is -3.54. The predicted molar refractivity (Wildman–Crippen MR) is 96.2 cm³/mol. The van der Waals surface area contributed by atoms with Crippen LogP contribution in [0.15, 0.2) is 67.8 Å². The number of aromatic nitrogens is 4. The summed E-state index contributed by atoms with van der Waals surface area (Å²) in [5.41, 5.74) is 4.27. The molecule has 0 bridgehead atoms. The Balaban J connectivity index is 1.72. The number of halogens is 1. The molecule has 0 aliphatic rings. The molecule has 1 aromatic carbocycles. The molecule has 0 saturated heterocycles. The van der Waals surface area contributed by atoms with E-state index in [0.29, 0.717) is 11.4 Å². The number of fused-ring (bicyclic) bond motifs is 1.